The zero-order valence-electron chi connectivity index (χ0n) is 10.4. The van der Waals surface area contributed by atoms with Gasteiger partial charge in [0.2, 0.25) is 5.96 Å². The van der Waals surface area contributed by atoms with Crippen LogP contribution in [0.5, 0.6) is 0 Å². The maximum atomic E-state index is 5.50. The zero-order chi connectivity index (χ0) is 11.8. The van der Waals surface area contributed by atoms with Crippen LogP contribution in [0.2, 0.25) is 0 Å². The van der Waals surface area contributed by atoms with E-state index in [0.717, 1.165) is 25.5 Å². The fourth-order valence-electron chi connectivity index (χ4n) is 2.00. The Morgan fingerprint density at radius 3 is 2.75 bits per heavy atom. The van der Waals surface area contributed by atoms with Gasteiger partial charge in [0.1, 0.15) is 0 Å². The van der Waals surface area contributed by atoms with Crippen LogP contribution in [0.15, 0.2) is 4.99 Å². The van der Waals surface area contributed by atoms with Crippen LogP contribution in [0.3, 0.4) is 0 Å². The van der Waals surface area contributed by atoms with E-state index in [1.807, 2.05) is 7.05 Å². The molecule has 0 aromatic rings. The number of nitrogens with one attached hydrogen (secondary N) is 1. The second kappa shape index (κ2) is 7.46. The molecule has 1 saturated carbocycles. The molecule has 1 aliphatic rings. The predicted molar refractivity (Wildman–Crippen MR) is 66.1 cm³/mol. The van der Waals surface area contributed by atoms with Crippen molar-refractivity contribution >= 4 is 5.96 Å². The summed E-state index contributed by atoms with van der Waals surface area (Å²) in [5.41, 5.74) is 2.69. The van der Waals surface area contributed by atoms with Gasteiger partial charge in [0, 0.05) is 27.3 Å². The van der Waals surface area contributed by atoms with Gasteiger partial charge in [-0.25, -0.2) is 10.8 Å². The number of nitrogens with zero attached hydrogens (tertiary/aromatic N) is 2. The van der Waals surface area contributed by atoms with Crippen LogP contribution in [0, 0.1) is 0 Å². The number of ether oxygens (including phenoxy) is 1. The Morgan fingerprint density at radius 1 is 1.50 bits per heavy atom. The van der Waals surface area contributed by atoms with E-state index < -0.39 is 0 Å². The van der Waals surface area contributed by atoms with E-state index in [2.05, 4.69) is 15.3 Å². The van der Waals surface area contributed by atoms with Crippen LogP contribution in [0.4, 0.5) is 0 Å². The fourth-order valence-corrected chi connectivity index (χ4v) is 2.00. The lowest BCUT2D eigenvalue weighted by Gasteiger charge is -2.21. The smallest absolute Gasteiger partial charge is 0.208 e. The predicted octanol–water partition coefficient (Wildman–Crippen LogP) is 0.717. The quantitative estimate of drug-likeness (QED) is 0.239. The summed E-state index contributed by atoms with van der Waals surface area (Å²) in [6.07, 6.45) is 5.95. The minimum absolute atomic E-state index is 0.455. The molecule has 0 aromatic carbocycles. The first-order valence-electron chi connectivity index (χ1n) is 6.02. The Labute approximate surface area is 98.0 Å². The number of hydrogen-bond acceptors (Lipinski definition) is 3. The van der Waals surface area contributed by atoms with Crippen LogP contribution in [0.1, 0.15) is 32.1 Å². The molecule has 1 rings (SSSR count). The number of hydrogen-bond donors (Lipinski definition) is 2. The average Bonchev–Trinajstić information content (AvgIpc) is 2.78. The number of methoxy groups -OCH3 is 1. The van der Waals surface area contributed by atoms with Crippen LogP contribution in [0.25, 0.3) is 0 Å². The van der Waals surface area contributed by atoms with Crippen LogP contribution < -0.4 is 11.3 Å². The van der Waals surface area contributed by atoms with Crippen molar-refractivity contribution in [2.45, 2.75) is 38.1 Å². The largest absolute Gasteiger partial charge is 0.385 e. The molecular weight excluding hydrogens is 204 g/mol. The maximum absolute atomic E-state index is 5.50. The third-order valence-corrected chi connectivity index (χ3v) is 2.96. The summed E-state index contributed by atoms with van der Waals surface area (Å²) in [4.78, 5) is 6.69. The molecule has 0 aromatic heterocycles. The number of nitrogens with two attached hydrogens (primary N) is 1. The lowest BCUT2D eigenvalue weighted by molar-refractivity contribution is 0.188. The molecule has 0 spiro atoms. The second-order valence-corrected chi connectivity index (χ2v) is 4.30. The number of aliphatic imine (C=N–C) groups is 1. The summed E-state index contributed by atoms with van der Waals surface area (Å²) in [7, 11) is 3.72. The summed E-state index contributed by atoms with van der Waals surface area (Å²) < 4.78 is 5.02. The van der Waals surface area contributed by atoms with Crippen molar-refractivity contribution in [2.24, 2.45) is 10.8 Å². The highest BCUT2D eigenvalue weighted by Crippen LogP contribution is 2.20. The Hall–Kier alpha value is -0.810. The fraction of sp³-hybridized carbons (Fsp3) is 0.909. The molecule has 94 valence electrons. The van der Waals surface area contributed by atoms with E-state index in [1.165, 1.54) is 25.7 Å². The molecule has 0 radical (unpaired) electrons. The number of hydrazine groups is 1. The molecule has 3 N–H and O–H groups in total. The van der Waals surface area contributed by atoms with Crippen LogP contribution in [-0.4, -0.2) is 44.2 Å². The topological polar surface area (TPSA) is 62.9 Å². The third-order valence-electron chi connectivity index (χ3n) is 2.96. The zero-order valence-corrected chi connectivity index (χ0v) is 10.4. The molecular formula is C11H24N4O. The molecule has 0 bridgehead atoms. The van der Waals surface area contributed by atoms with Crippen LogP contribution in [-0.2, 0) is 4.74 Å². The van der Waals surface area contributed by atoms with E-state index >= 15 is 0 Å². The minimum atomic E-state index is 0.455. The number of guanidine groups is 1. The van der Waals surface area contributed by atoms with E-state index in [1.54, 1.807) is 7.11 Å². The molecule has 5 heteroatoms. The lowest BCUT2D eigenvalue weighted by Crippen LogP contribution is -2.44. The van der Waals surface area contributed by atoms with Crippen molar-refractivity contribution in [1.29, 1.82) is 0 Å². The maximum Gasteiger partial charge on any atom is 0.208 e. The lowest BCUT2D eigenvalue weighted by atomic mass is 10.3. The van der Waals surface area contributed by atoms with Gasteiger partial charge in [0.25, 0.3) is 0 Å². The van der Waals surface area contributed by atoms with Crippen molar-refractivity contribution in [3.05, 3.63) is 0 Å². The molecule has 16 heavy (non-hydrogen) atoms. The standard InChI is InChI=1S/C11H24N4O/c1-15(8-5-9-16-2)11(14-12)13-10-6-3-4-7-10/h10H,3-9,12H2,1-2H3,(H,13,14). The van der Waals surface area contributed by atoms with Gasteiger partial charge < -0.3 is 9.64 Å². The van der Waals surface area contributed by atoms with Crippen LogP contribution >= 0.6 is 0 Å². The van der Waals surface area contributed by atoms with Gasteiger partial charge in [-0.1, -0.05) is 12.8 Å². The van der Waals surface area contributed by atoms with Crippen molar-refractivity contribution < 1.29 is 4.74 Å². The summed E-state index contributed by atoms with van der Waals surface area (Å²) in [6.45, 7) is 1.68. The molecule has 0 heterocycles. The van der Waals surface area contributed by atoms with Crippen molar-refractivity contribution in [3.8, 4) is 0 Å². The normalized spacial score (nSPS) is 17.8. The highest BCUT2D eigenvalue weighted by molar-refractivity contribution is 5.79. The molecule has 0 saturated heterocycles. The van der Waals surface area contributed by atoms with Gasteiger partial charge in [0.05, 0.1) is 6.04 Å². The molecule has 0 aliphatic heterocycles. The first-order chi connectivity index (χ1) is 7.77. The molecule has 5 nitrogen and oxygen atoms in total. The summed E-state index contributed by atoms with van der Waals surface area (Å²) in [5.74, 6) is 6.30. The van der Waals surface area contributed by atoms with E-state index in [0.29, 0.717) is 6.04 Å². The Kier molecular flexibility index (Phi) is 6.18. The number of rotatable bonds is 5. The van der Waals surface area contributed by atoms with Gasteiger partial charge >= 0.3 is 0 Å². The van der Waals surface area contributed by atoms with Crippen molar-refractivity contribution in [1.82, 2.24) is 10.3 Å². The molecule has 0 atom stereocenters. The SMILES string of the molecule is COCCCN(C)C(=NC1CCCC1)NN. The first kappa shape index (κ1) is 13.3. The third kappa shape index (κ3) is 4.37. The summed E-state index contributed by atoms with van der Waals surface area (Å²) in [5, 5.41) is 0. The molecule has 0 unspecified atom stereocenters. The molecule has 1 aliphatic carbocycles. The highest BCUT2D eigenvalue weighted by Gasteiger charge is 2.15. The highest BCUT2D eigenvalue weighted by atomic mass is 16.5. The van der Waals surface area contributed by atoms with Gasteiger partial charge in [-0.3, -0.25) is 5.43 Å². The Morgan fingerprint density at radius 2 is 2.19 bits per heavy atom. The van der Waals surface area contributed by atoms with Gasteiger partial charge in [-0.15, -0.1) is 0 Å². The van der Waals surface area contributed by atoms with Gasteiger partial charge in [-0.2, -0.15) is 0 Å². The second-order valence-electron chi connectivity index (χ2n) is 4.30. The first-order valence-corrected chi connectivity index (χ1v) is 6.02. The van der Waals surface area contributed by atoms with Crippen molar-refractivity contribution in [2.75, 3.05) is 27.3 Å². The van der Waals surface area contributed by atoms with Crippen molar-refractivity contribution in [3.63, 3.8) is 0 Å². The molecule has 1 fully saturated rings. The Balaban J connectivity index is 2.38. The minimum Gasteiger partial charge on any atom is -0.385 e. The van der Waals surface area contributed by atoms with E-state index in [-0.39, 0.29) is 0 Å². The summed E-state index contributed by atoms with van der Waals surface area (Å²) >= 11 is 0. The average molecular weight is 228 g/mol. The Bertz CT molecular complexity index is 214. The van der Waals surface area contributed by atoms with E-state index in [4.69, 9.17) is 10.6 Å². The van der Waals surface area contributed by atoms with E-state index in [9.17, 15) is 0 Å². The van der Waals surface area contributed by atoms with Gasteiger partial charge in [-0.05, 0) is 19.3 Å². The molecule has 0 amide bonds. The van der Waals surface area contributed by atoms with Gasteiger partial charge in [0.15, 0.2) is 0 Å². The monoisotopic (exact) mass is 228 g/mol. The summed E-state index contributed by atoms with van der Waals surface area (Å²) in [6, 6.07) is 0.455.